The quantitative estimate of drug-likeness (QED) is 0.494. The van der Waals surface area contributed by atoms with E-state index in [1.54, 1.807) is 43.5 Å². The molecule has 1 N–H and O–H groups in total. The van der Waals surface area contributed by atoms with Crippen LogP contribution in [0.3, 0.4) is 0 Å². The molecule has 31 heavy (non-hydrogen) atoms. The van der Waals surface area contributed by atoms with E-state index in [1.165, 1.54) is 13.0 Å². The van der Waals surface area contributed by atoms with Crippen molar-refractivity contribution in [2.45, 2.75) is 17.1 Å². The van der Waals surface area contributed by atoms with Crippen LogP contribution in [0.25, 0.3) is 0 Å². The monoisotopic (exact) mass is 463 g/mol. The lowest BCUT2D eigenvalue weighted by molar-refractivity contribution is -0.115. The molecule has 1 amide bonds. The summed E-state index contributed by atoms with van der Waals surface area (Å²) in [5, 5.41) is 1.44. The number of methoxy groups -OCH3 is 1. The van der Waals surface area contributed by atoms with Crippen LogP contribution in [-0.2, 0) is 14.6 Å². The van der Waals surface area contributed by atoms with Gasteiger partial charge in [0.15, 0.2) is 15.6 Å². The summed E-state index contributed by atoms with van der Waals surface area (Å²) in [5.41, 5.74) is 0.203. The highest BCUT2D eigenvalue weighted by Crippen LogP contribution is 2.33. The number of anilines is 1. The second-order valence-corrected chi connectivity index (χ2v) is 9.25. The smallest absolute Gasteiger partial charge is 0.242 e. The number of ether oxygens (including phenoxy) is 2. The van der Waals surface area contributed by atoms with E-state index in [9.17, 15) is 17.6 Å². The first kappa shape index (κ1) is 22.6. The molecule has 3 aromatic carbocycles. The molecule has 0 fully saturated rings. The molecule has 0 saturated carbocycles. The number of nitrogens with one attached hydrogen (secondary N) is 1. The zero-order chi connectivity index (χ0) is 22.6. The lowest BCUT2D eigenvalue weighted by atomic mass is 10.2. The second-order valence-electron chi connectivity index (χ2n) is 6.55. The topological polar surface area (TPSA) is 81.7 Å². The molecule has 0 aliphatic rings. The maximum absolute atomic E-state index is 13.1. The molecule has 0 radical (unpaired) electrons. The lowest BCUT2D eigenvalue weighted by Gasteiger charge is -2.16. The molecule has 3 rings (SSSR count). The fourth-order valence-electron chi connectivity index (χ4n) is 2.66. The Bertz CT molecular complexity index is 1180. The number of sulfone groups is 1. The van der Waals surface area contributed by atoms with Crippen molar-refractivity contribution in [1.82, 2.24) is 0 Å². The lowest BCUT2D eigenvalue weighted by Crippen LogP contribution is -2.32. The summed E-state index contributed by atoms with van der Waals surface area (Å²) in [4.78, 5) is 12.6. The zero-order valence-electron chi connectivity index (χ0n) is 16.6. The summed E-state index contributed by atoms with van der Waals surface area (Å²) in [6, 6.07) is 15.7. The Kier molecular flexibility index (Phi) is 6.82. The number of hydrogen-bond donors (Lipinski definition) is 1. The van der Waals surface area contributed by atoms with Gasteiger partial charge in [0.05, 0.1) is 17.7 Å². The van der Waals surface area contributed by atoms with Crippen molar-refractivity contribution in [1.29, 1.82) is 0 Å². The normalized spacial score (nSPS) is 12.1. The van der Waals surface area contributed by atoms with Gasteiger partial charge in [-0.3, -0.25) is 4.79 Å². The number of rotatable bonds is 7. The Hall–Kier alpha value is -3.10. The number of benzene rings is 3. The molecule has 1 atom stereocenters. The Morgan fingerprint density at radius 2 is 1.61 bits per heavy atom. The largest absolute Gasteiger partial charge is 0.497 e. The molecule has 0 aliphatic heterocycles. The molecule has 3 aromatic rings. The summed E-state index contributed by atoms with van der Waals surface area (Å²) in [7, 11) is -2.49. The third kappa shape index (κ3) is 5.34. The van der Waals surface area contributed by atoms with Crippen LogP contribution < -0.4 is 14.8 Å². The fraction of sp³-hybridized carbons (Fsp3) is 0.136. The molecule has 9 heteroatoms. The minimum atomic E-state index is -4.03. The molecule has 1 unspecified atom stereocenters. The molecule has 0 spiro atoms. The standard InChI is InChI=1S/C22H19ClFNO5S/c1-14(31(27,28)19-10-4-16(24)5-11-19)22(26)25-20-13-15(23)3-12-21(20)30-18-8-6-17(29-2)7-9-18/h3-14H,1-2H3,(H,25,26). The number of amides is 1. The first-order valence-corrected chi connectivity index (χ1v) is 11.0. The van der Waals surface area contributed by atoms with Gasteiger partial charge in [-0.2, -0.15) is 0 Å². The van der Waals surface area contributed by atoms with Crippen molar-refractivity contribution in [2.24, 2.45) is 0 Å². The Morgan fingerprint density at radius 3 is 2.23 bits per heavy atom. The van der Waals surface area contributed by atoms with E-state index in [-0.39, 0.29) is 16.3 Å². The van der Waals surface area contributed by atoms with Crippen molar-refractivity contribution in [2.75, 3.05) is 12.4 Å². The van der Waals surface area contributed by atoms with Crippen LogP contribution in [0.5, 0.6) is 17.2 Å². The Balaban J connectivity index is 1.83. The van der Waals surface area contributed by atoms with E-state index < -0.39 is 26.8 Å². The first-order valence-electron chi connectivity index (χ1n) is 9.12. The molecule has 0 heterocycles. The van der Waals surface area contributed by atoms with Crippen LogP contribution >= 0.6 is 11.6 Å². The van der Waals surface area contributed by atoms with Crippen LogP contribution in [0.2, 0.25) is 5.02 Å². The van der Waals surface area contributed by atoms with Gasteiger partial charge < -0.3 is 14.8 Å². The molecule has 0 saturated heterocycles. The van der Waals surface area contributed by atoms with Gasteiger partial charge >= 0.3 is 0 Å². The average molecular weight is 464 g/mol. The molecular weight excluding hydrogens is 445 g/mol. The van der Waals surface area contributed by atoms with Crippen LogP contribution in [0.1, 0.15) is 6.92 Å². The summed E-state index contributed by atoms with van der Waals surface area (Å²) >= 11 is 6.05. The maximum atomic E-state index is 13.1. The Labute approximate surface area is 184 Å². The van der Waals surface area contributed by atoms with Crippen LogP contribution in [0.15, 0.2) is 71.6 Å². The highest BCUT2D eigenvalue weighted by Gasteiger charge is 2.30. The number of carbonyl (C=O) groups is 1. The van der Waals surface area contributed by atoms with Crippen LogP contribution in [0, 0.1) is 5.82 Å². The van der Waals surface area contributed by atoms with E-state index in [1.807, 2.05) is 0 Å². The molecule has 162 valence electrons. The van der Waals surface area contributed by atoms with E-state index >= 15 is 0 Å². The SMILES string of the molecule is COc1ccc(Oc2ccc(Cl)cc2NC(=O)C(C)S(=O)(=O)c2ccc(F)cc2)cc1. The number of hydrogen-bond acceptors (Lipinski definition) is 5. The first-order chi connectivity index (χ1) is 14.7. The van der Waals surface area contributed by atoms with Crippen LogP contribution in [0.4, 0.5) is 10.1 Å². The minimum Gasteiger partial charge on any atom is -0.497 e. The van der Waals surface area contributed by atoms with Crippen molar-refractivity contribution >= 4 is 33.0 Å². The summed E-state index contributed by atoms with van der Waals surface area (Å²) in [6.45, 7) is 1.25. The van der Waals surface area contributed by atoms with E-state index in [2.05, 4.69) is 5.32 Å². The predicted molar refractivity (Wildman–Crippen MR) is 116 cm³/mol. The van der Waals surface area contributed by atoms with Gasteiger partial charge in [0, 0.05) is 5.02 Å². The van der Waals surface area contributed by atoms with E-state index in [0.29, 0.717) is 16.5 Å². The third-order valence-corrected chi connectivity index (χ3v) is 6.77. The van der Waals surface area contributed by atoms with Gasteiger partial charge in [0.1, 0.15) is 22.6 Å². The van der Waals surface area contributed by atoms with Gasteiger partial charge in [-0.05, 0) is 73.7 Å². The average Bonchev–Trinajstić information content (AvgIpc) is 2.75. The molecule has 6 nitrogen and oxygen atoms in total. The Morgan fingerprint density at radius 1 is 1.00 bits per heavy atom. The second kappa shape index (κ2) is 9.36. The minimum absolute atomic E-state index is 0.155. The predicted octanol–water partition coefficient (Wildman–Crippen LogP) is 5.08. The van der Waals surface area contributed by atoms with Crippen LogP contribution in [-0.4, -0.2) is 26.7 Å². The van der Waals surface area contributed by atoms with Gasteiger partial charge in [-0.15, -0.1) is 0 Å². The molecular formula is C22H19ClFNO5S. The summed E-state index contributed by atoms with van der Waals surface area (Å²) < 4.78 is 49.5. The number of carbonyl (C=O) groups excluding carboxylic acids is 1. The number of halogens is 2. The fourth-order valence-corrected chi connectivity index (χ4v) is 4.10. The van der Waals surface area contributed by atoms with E-state index in [4.69, 9.17) is 21.1 Å². The van der Waals surface area contributed by atoms with Crippen molar-refractivity contribution in [3.05, 3.63) is 77.6 Å². The molecule has 0 bridgehead atoms. The molecule has 0 aromatic heterocycles. The summed E-state index contributed by atoms with van der Waals surface area (Å²) in [5.74, 6) is 0.0400. The van der Waals surface area contributed by atoms with Gasteiger partial charge in [-0.1, -0.05) is 11.6 Å². The zero-order valence-corrected chi connectivity index (χ0v) is 18.2. The van der Waals surface area contributed by atoms with Crippen molar-refractivity contribution in [3.63, 3.8) is 0 Å². The summed E-state index contributed by atoms with van der Waals surface area (Å²) in [6.07, 6.45) is 0. The third-order valence-electron chi connectivity index (χ3n) is 4.46. The highest BCUT2D eigenvalue weighted by atomic mass is 35.5. The van der Waals surface area contributed by atoms with Gasteiger partial charge in [0.2, 0.25) is 5.91 Å². The van der Waals surface area contributed by atoms with Crippen molar-refractivity contribution < 1.29 is 27.1 Å². The van der Waals surface area contributed by atoms with E-state index in [0.717, 1.165) is 24.3 Å². The highest BCUT2D eigenvalue weighted by molar-refractivity contribution is 7.92. The molecule has 0 aliphatic carbocycles. The van der Waals surface area contributed by atoms with Crippen molar-refractivity contribution in [3.8, 4) is 17.2 Å². The van der Waals surface area contributed by atoms with Gasteiger partial charge in [0.25, 0.3) is 0 Å². The maximum Gasteiger partial charge on any atom is 0.242 e. The van der Waals surface area contributed by atoms with Gasteiger partial charge in [-0.25, -0.2) is 12.8 Å².